The van der Waals surface area contributed by atoms with Crippen LogP contribution in [0.3, 0.4) is 0 Å². The Balaban J connectivity index is 1.11. The fraction of sp³-hybridized carbons (Fsp3) is 0. The summed E-state index contributed by atoms with van der Waals surface area (Å²) in [4.78, 5) is 0. The van der Waals surface area contributed by atoms with Crippen LogP contribution in [-0.2, 0) is 0 Å². The van der Waals surface area contributed by atoms with Crippen LogP contribution >= 0.6 is 0 Å². The Morgan fingerprint density at radius 2 is 0.655 bits per heavy atom. The van der Waals surface area contributed by atoms with Gasteiger partial charge in [0.15, 0.2) is 0 Å². The number of fused-ring (bicyclic) bond motifs is 12. The van der Waals surface area contributed by atoms with E-state index in [0.717, 1.165) is 17.1 Å². The molecule has 4 heteroatoms. The molecule has 0 fully saturated rings. The van der Waals surface area contributed by atoms with E-state index in [-0.39, 0.29) is 0 Å². The van der Waals surface area contributed by atoms with Crippen molar-refractivity contribution in [2.45, 2.75) is 0 Å². The van der Waals surface area contributed by atoms with Crippen molar-refractivity contribution < 1.29 is 0 Å². The van der Waals surface area contributed by atoms with Gasteiger partial charge in [-0.25, -0.2) is 0 Å². The predicted molar refractivity (Wildman–Crippen MR) is 244 cm³/mol. The summed E-state index contributed by atoms with van der Waals surface area (Å²) >= 11 is 0. The first-order chi connectivity index (χ1) is 28.8. The topological polar surface area (TPSA) is 19.7 Å². The largest absolute Gasteiger partial charge is 0.309 e. The van der Waals surface area contributed by atoms with Gasteiger partial charge >= 0.3 is 0 Å². The molecule has 0 atom stereocenters. The summed E-state index contributed by atoms with van der Waals surface area (Å²) in [7, 11) is 0. The van der Waals surface area contributed by atoms with Crippen molar-refractivity contribution in [1.82, 2.24) is 18.3 Å². The SMILES string of the molecule is c1ccc(-n2c3ccccc3c3c(-n4c5ccccc5c5cc(-n6c7ccccc7c7cccc(-n8c9ccccc9c9ccccc98)c76)ccc54)cccc32)cc1. The van der Waals surface area contributed by atoms with E-state index >= 15 is 0 Å². The van der Waals surface area contributed by atoms with Crippen LogP contribution < -0.4 is 0 Å². The first kappa shape index (κ1) is 31.4. The number of para-hydroxylation sites is 7. The zero-order valence-corrected chi connectivity index (χ0v) is 31.4. The second-order valence-corrected chi connectivity index (χ2v) is 15.3. The molecule has 0 amide bonds. The molecule has 0 unspecified atom stereocenters. The molecule has 0 bridgehead atoms. The minimum atomic E-state index is 1.13. The van der Waals surface area contributed by atoms with Crippen LogP contribution in [0.4, 0.5) is 0 Å². The van der Waals surface area contributed by atoms with Gasteiger partial charge in [0.25, 0.3) is 0 Å². The lowest BCUT2D eigenvalue weighted by molar-refractivity contribution is 1.13. The van der Waals surface area contributed by atoms with Gasteiger partial charge in [-0.3, -0.25) is 0 Å². The molecule has 4 heterocycles. The summed E-state index contributed by atoms with van der Waals surface area (Å²) in [6.45, 7) is 0. The highest BCUT2D eigenvalue weighted by Crippen LogP contribution is 2.43. The third kappa shape index (κ3) is 4.18. The minimum Gasteiger partial charge on any atom is -0.309 e. The van der Waals surface area contributed by atoms with E-state index in [1.165, 1.54) is 92.9 Å². The Morgan fingerprint density at radius 1 is 0.224 bits per heavy atom. The molecule has 0 N–H and O–H groups in total. The summed E-state index contributed by atoms with van der Waals surface area (Å²) in [5.41, 5.74) is 14.2. The van der Waals surface area contributed by atoms with Gasteiger partial charge in [-0.1, -0.05) is 127 Å². The van der Waals surface area contributed by atoms with Crippen LogP contribution in [0.2, 0.25) is 0 Å². The maximum Gasteiger partial charge on any atom is 0.0782 e. The zero-order chi connectivity index (χ0) is 37.9. The summed E-state index contributed by atoms with van der Waals surface area (Å²) in [5, 5.41) is 9.92. The van der Waals surface area contributed by atoms with Gasteiger partial charge in [0, 0.05) is 54.5 Å². The van der Waals surface area contributed by atoms with Gasteiger partial charge in [0.2, 0.25) is 0 Å². The van der Waals surface area contributed by atoms with Crippen LogP contribution in [0, 0.1) is 0 Å². The lowest BCUT2D eigenvalue weighted by Gasteiger charge is -2.15. The van der Waals surface area contributed by atoms with E-state index < -0.39 is 0 Å². The number of nitrogens with zero attached hydrogens (tertiary/aromatic N) is 4. The van der Waals surface area contributed by atoms with Crippen LogP contribution in [0.15, 0.2) is 206 Å². The number of rotatable bonds is 4. The molecule has 270 valence electrons. The first-order valence-electron chi connectivity index (χ1n) is 20.0. The van der Waals surface area contributed by atoms with Crippen LogP contribution in [0.25, 0.3) is 110 Å². The number of hydrogen-bond donors (Lipinski definition) is 0. The molecule has 0 aliphatic carbocycles. The van der Waals surface area contributed by atoms with E-state index in [4.69, 9.17) is 0 Å². The molecular weight excluding hydrogens is 705 g/mol. The fourth-order valence-corrected chi connectivity index (χ4v) is 10.0. The Bertz CT molecular complexity index is 3740. The monoisotopic (exact) mass is 738 g/mol. The Labute approximate surface area is 333 Å². The smallest absolute Gasteiger partial charge is 0.0782 e. The molecule has 0 aliphatic rings. The average molecular weight is 739 g/mol. The van der Waals surface area contributed by atoms with Crippen LogP contribution in [-0.4, -0.2) is 18.3 Å². The Kier molecular flexibility index (Phi) is 6.41. The van der Waals surface area contributed by atoms with E-state index in [0.29, 0.717) is 0 Å². The molecule has 0 radical (unpaired) electrons. The molecule has 9 aromatic carbocycles. The quantitative estimate of drug-likeness (QED) is 0.171. The lowest BCUT2D eigenvalue weighted by atomic mass is 10.1. The van der Waals surface area contributed by atoms with Crippen LogP contribution in [0.5, 0.6) is 0 Å². The van der Waals surface area contributed by atoms with Crippen molar-refractivity contribution in [3.8, 4) is 22.7 Å². The van der Waals surface area contributed by atoms with Crippen molar-refractivity contribution >= 4 is 87.2 Å². The summed E-state index contributed by atoms with van der Waals surface area (Å²) in [5.74, 6) is 0. The molecule has 4 nitrogen and oxygen atoms in total. The second kappa shape index (κ2) is 11.8. The molecule has 0 aliphatic heterocycles. The maximum absolute atomic E-state index is 2.49. The predicted octanol–water partition coefficient (Wildman–Crippen LogP) is 14.1. The third-order valence-corrected chi connectivity index (χ3v) is 12.3. The normalized spacial score (nSPS) is 12.1. The highest BCUT2D eigenvalue weighted by atomic mass is 15.1. The number of benzene rings is 9. The van der Waals surface area contributed by atoms with Gasteiger partial charge in [-0.05, 0) is 78.9 Å². The van der Waals surface area contributed by atoms with E-state index in [2.05, 4.69) is 225 Å². The van der Waals surface area contributed by atoms with Crippen molar-refractivity contribution in [3.05, 3.63) is 206 Å². The molecule has 0 saturated heterocycles. The summed E-state index contributed by atoms with van der Waals surface area (Å²) in [6, 6.07) is 75.4. The first-order valence-corrected chi connectivity index (χ1v) is 20.0. The standard InChI is InChI=1S/C54H34N4/c1-2-16-35(17-3-1)55-48-28-13-8-22-42(48)53-50(55)29-15-30-51(53)57-47-27-12-7-21-40(47)43-34-36(32-33-49(43)57)56-44-24-9-6-20-39(44)41-23-14-31-52(54(41)56)58-45-25-10-4-18-37(45)38-19-5-11-26-46(38)58/h1-34H. The Hall–Kier alpha value is -7.82. The molecule has 0 spiro atoms. The van der Waals surface area contributed by atoms with Crippen LogP contribution in [0.1, 0.15) is 0 Å². The second-order valence-electron chi connectivity index (χ2n) is 15.3. The van der Waals surface area contributed by atoms with Gasteiger partial charge in [-0.2, -0.15) is 0 Å². The third-order valence-electron chi connectivity index (χ3n) is 12.3. The summed E-state index contributed by atoms with van der Waals surface area (Å²) in [6.07, 6.45) is 0. The van der Waals surface area contributed by atoms with Crippen molar-refractivity contribution in [1.29, 1.82) is 0 Å². The Morgan fingerprint density at radius 3 is 1.31 bits per heavy atom. The van der Waals surface area contributed by atoms with Gasteiger partial charge in [0.1, 0.15) is 0 Å². The summed E-state index contributed by atoms with van der Waals surface area (Å²) < 4.78 is 9.83. The molecule has 58 heavy (non-hydrogen) atoms. The van der Waals surface area contributed by atoms with Gasteiger partial charge in [0.05, 0.1) is 55.5 Å². The number of hydrogen-bond acceptors (Lipinski definition) is 0. The maximum atomic E-state index is 2.49. The molecule has 13 rings (SSSR count). The van der Waals surface area contributed by atoms with Gasteiger partial charge < -0.3 is 18.3 Å². The van der Waals surface area contributed by atoms with Crippen molar-refractivity contribution in [2.75, 3.05) is 0 Å². The minimum absolute atomic E-state index is 1.13. The average Bonchev–Trinajstić information content (AvgIpc) is 4.02. The highest BCUT2D eigenvalue weighted by Gasteiger charge is 2.23. The molecule has 4 aromatic heterocycles. The molecule has 13 aromatic rings. The van der Waals surface area contributed by atoms with Crippen molar-refractivity contribution in [3.63, 3.8) is 0 Å². The van der Waals surface area contributed by atoms with Crippen molar-refractivity contribution in [2.24, 2.45) is 0 Å². The highest BCUT2D eigenvalue weighted by molar-refractivity contribution is 6.18. The molecule has 0 saturated carbocycles. The molecular formula is C54H34N4. The van der Waals surface area contributed by atoms with E-state index in [1.807, 2.05) is 0 Å². The van der Waals surface area contributed by atoms with Gasteiger partial charge in [-0.15, -0.1) is 0 Å². The fourth-order valence-electron chi connectivity index (χ4n) is 10.0. The zero-order valence-electron chi connectivity index (χ0n) is 31.4. The van der Waals surface area contributed by atoms with E-state index in [9.17, 15) is 0 Å². The lowest BCUT2D eigenvalue weighted by Crippen LogP contribution is -2.01. The van der Waals surface area contributed by atoms with E-state index in [1.54, 1.807) is 0 Å². The number of aromatic nitrogens is 4.